The van der Waals surface area contributed by atoms with Gasteiger partial charge in [0.25, 0.3) is 5.91 Å². The normalized spacial score (nSPS) is 20.3. The fourth-order valence-electron chi connectivity index (χ4n) is 3.51. The first kappa shape index (κ1) is 11.0. The van der Waals surface area contributed by atoms with Crippen LogP contribution in [0.1, 0.15) is 34.3 Å². The van der Waals surface area contributed by atoms with Gasteiger partial charge in [0, 0.05) is 25.2 Å². The summed E-state index contributed by atoms with van der Waals surface area (Å²) in [7, 11) is 0. The highest BCUT2D eigenvalue weighted by molar-refractivity contribution is 6.05. The van der Waals surface area contributed by atoms with Crippen LogP contribution in [0.3, 0.4) is 0 Å². The smallest absolute Gasteiger partial charge is 0.253 e. The average Bonchev–Trinajstić information content (AvgIpc) is 3.11. The summed E-state index contributed by atoms with van der Waals surface area (Å²) in [5, 5.41) is 0. The highest BCUT2D eigenvalue weighted by Gasteiger charge is 2.35. The van der Waals surface area contributed by atoms with Gasteiger partial charge in [-0.3, -0.25) is 9.59 Å². The molecule has 4 heteroatoms. The molecule has 1 aromatic carbocycles. The van der Waals surface area contributed by atoms with Crippen LogP contribution in [0.15, 0.2) is 12.1 Å². The first-order valence-electron chi connectivity index (χ1n) is 6.99. The number of rotatable bonds is 1. The molecule has 0 radical (unpaired) electrons. The van der Waals surface area contributed by atoms with E-state index in [0.717, 1.165) is 55.7 Å². The molecule has 0 N–H and O–H groups in total. The topological polar surface area (TPSA) is 40.6 Å². The van der Waals surface area contributed by atoms with Crippen molar-refractivity contribution in [1.29, 1.82) is 0 Å². The van der Waals surface area contributed by atoms with Crippen LogP contribution in [0.25, 0.3) is 0 Å². The predicted octanol–water partition coefficient (Wildman–Crippen LogP) is 1.37. The molecule has 0 aromatic heterocycles. The van der Waals surface area contributed by atoms with Gasteiger partial charge in [0.05, 0.1) is 12.1 Å². The zero-order valence-corrected chi connectivity index (χ0v) is 10.8. The summed E-state index contributed by atoms with van der Waals surface area (Å²) in [6.07, 6.45) is 3.56. The van der Waals surface area contributed by atoms with E-state index in [1.165, 1.54) is 5.56 Å². The minimum atomic E-state index is 0.134. The van der Waals surface area contributed by atoms with Gasteiger partial charge in [-0.25, -0.2) is 0 Å². The molecule has 4 nitrogen and oxygen atoms in total. The Morgan fingerprint density at radius 1 is 1.05 bits per heavy atom. The lowest BCUT2D eigenvalue weighted by Gasteiger charge is -2.16. The molecule has 0 saturated carbocycles. The number of carbonyl (C=O) groups is 2. The van der Waals surface area contributed by atoms with Crippen LogP contribution < -0.4 is 4.90 Å². The Morgan fingerprint density at radius 2 is 1.79 bits per heavy atom. The molecule has 0 bridgehead atoms. The largest absolute Gasteiger partial charge is 0.339 e. The monoisotopic (exact) mass is 256 g/mol. The third-order valence-corrected chi connectivity index (χ3v) is 4.43. The number of carbonyl (C=O) groups excluding carboxylic acids is 2. The molecule has 1 saturated heterocycles. The first-order valence-corrected chi connectivity index (χ1v) is 6.99. The van der Waals surface area contributed by atoms with E-state index in [4.69, 9.17) is 0 Å². The van der Waals surface area contributed by atoms with Gasteiger partial charge in [0.2, 0.25) is 5.91 Å². The highest BCUT2D eigenvalue weighted by Crippen LogP contribution is 2.38. The number of benzene rings is 1. The number of likely N-dealkylation sites (tertiary alicyclic amines) is 1. The molecule has 2 amide bonds. The van der Waals surface area contributed by atoms with Crippen LogP contribution in [-0.2, 0) is 17.6 Å². The van der Waals surface area contributed by atoms with Crippen molar-refractivity contribution >= 4 is 17.5 Å². The molecule has 3 aliphatic heterocycles. The minimum absolute atomic E-state index is 0.134. The minimum Gasteiger partial charge on any atom is -0.339 e. The second-order valence-electron chi connectivity index (χ2n) is 5.61. The Balaban J connectivity index is 1.74. The van der Waals surface area contributed by atoms with E-state index in [2.05, 4.69) is 0 Å². The van der Waals surface area contributed by atoms with E-state index in [1.807, 2.05) is 21.9 Å². The standard InChI is InChI=1S/C15H16N2O2/c18-13-9-11-8-12(15(19)16-4-1-2-5-16)7-10-3-6-17(13)14(10)11/h7-8H,1-6,9H2. The summed E-state index contributed by atoms with van der Waals surface area (Å²) in [5.74, 6) is 0.314. The fourth-order valence-corrected chi connectivity index (χ4v) is 3.51. The van der Waals surface area contributed by atoms with E-state index < -0.39 is 0 Å². The molecule has 0 unspecified atom stereocenters. The lowest BCUT2D eigenvalue weighted by atomic mass is 10.0. The molecular weight excluding hydrogens is 240 g/mol. The van der Waals surface area contributed by atoms with Gasteiger partial charge in [0.1, 0.15) is 0 Å². The maximum Gasteiger partial charge on any atom is 0.253 e. The number of anilines is 1. The van der Waals surface area contributed by atoms with Crippen LogP contribution in [0.4, 0.5) is 5.69 Å². The second kappa shape index (κ2) is 3.83. The third-order valence-electron chi connectivity index (χ3n) is 4.43. The Hall–Kier alpha value is -1.84. The molecule has 1 fully saturated rings. The van der Waals surface area contributed by atoms with E-state index in [1.54, 1.807) is 0 Å². The van der Waals surface area contributed by atoms with Crippen molar-refractivity contribution in [1.82, 2.24) is 4.90 Å². The van der Waals surface area contributed by atoms with Gasteiger partial charge in [-0.15, -0.1) is 0 Å². The van der Waals surface area contributed by atoms with Crippen molar-refractivity contribution in [3.63, 3.8) is 0 Å². The Morgan fingerprint density at radius 3 is 2.58 bits per heavy atom. The second-order valence-corrected chi connectivity index (χ2v) is 5.61. The first-order chi connectivity index (χ1) is 9.24. The third kappa shape index (κ3) is 1.52. The zero-order chi connectivity index (χ0) is 13.0. The lowest BCUT2D eigenvalue weighted by molar-refractivity contribution is -0.117. The quantitative estimate of drug-likeness (QED) is 0.761. The molecule has 19 heavy (non-hydrogen) atoms. The van der Waals surface area contributed by atoms with Crippen LogP contribution >= 0.6 is 0 Å². The summed E-state index contributed by atoms with van der Waals surface area (Å²) in [5.41, 5.74) is 4.07. The van der Waals surface area contributed by atoms with Crippen LogP contribution in [-0.4, -0.2) is 36.3 Å². The number of amides is 2. The highest BCUT2D eigenvalue weighted by atomic mass is 16.2. The molecule has 0 spiro atoms. The van der Waals surface area contributed by atoms with E-state index in [-0.39, 0.29) is 11.8 Å². The maximum atomic E-state index is 12.4. The molecular formula is C15H16N2O2. The molecule has 98 valence electrons. The molecule has 0 aliphatic carbocycles. The van der Waals surface area contributed by atoms with Crippen LogP contribution in [0, 0.1) is 0 Å². The predicted molar refractivity (Wildman–Crippen MR) is 71.3 cm³/mol. The van der Waals surface area contributed by atoms with Gasteiger partial charge in [-0.2, -0.15) is 0 Å². The van der Waals surface area contributed by atoms with Crippen LogP contribution in [0.5, 0.6) is 0 Å². The van der Waals surface area contributed by atoms with Crippen molar-refractivity contribution in [3.8, 4) is 0 Å². The molecule has 1 aromatic rings. The van der Waals surface area contributed by atoms with Crippen LogP contribution in [0.2, 0.25) is 0 Å². The Kier molecular flexibility index (Phi) is 2.22. The summed E-state index contributed by atoms with van der Waals surface area (Å²) < 4.78 is 0. The molecule has 0 atom stereocenters. The van der Waals surface area contributed by atoms with Crippen molar-refractivity contribution in [2.45, 2.75) is 25.7 Å². The van der Waals surface area contributed by atoms with Gasteiger partial charge in [-0.05, 0) is 42.5 Å². The lowest BCUT2D eigenvalue weighted by Crippen LogP contribution is -2.27. The summed E-state index contributed by atoms with van der Waals surface area (Å²) in [4.78, 5) is 28.1. The van der Waals surface area contributed by atoms with Gasteiger partial charge in [-0.1, -0.05) is 0 Å². The number of nitrogens with zero attached hydrogens (tertiary/aromatic N) is 2. The number of hydrogen-bond acceptors (Lipinski definition) is 2. The Bertz CT molecular complexity index is 588. The molecule has 4 rings (SSSR count). The van der Waals surface area contributed by atoms with E-state index in [9.17, 15) is 9.59 Å². The van der Waals surface area contributed by atoms with Gasteiger partial charge >= 0.3 is 0 Å². The Labute approximate surface area is 112 Å². The van der Waals surface area contributed by atoms with E-state index in [0.29, 0.717) is 6.42 Å². The molecule has 3 aliphatic rings. The van der Waals surface area contributed by atoms with Crippen molar-refractivity contribution < 1.29 is 9.59 Å². The van der Waals surface area contributed by atoms with E-state index >= 15 is 0 Å². The SMILES string of the molecule is O=C(c1cc2c3c(c1)CC(=O)N3CC2)N1CCCC1. The summed E-state index contributed by atoms with van der Waals surface area (Å²) >= 11 is 0. The van der Waals surface area contributed by atoms with Crippen molar-refractivity contribution in [2.75, 3.05) is 24.5 Å². The van der Waals surface area contributed by atoms with Gasteiger partial charge < -0.3 is 9.80 Å². The van der Waals surface area contributed by atoms with Gasteiger partial charge in [0.15, 0.2) is 0 Å². The fraction of sp³-hybridized carbons (Fsp3) is 0.467. The zero-order valence-electron chi connectivity index (χ0n) is 10.8. The number of hydrogen-bond donors (Lipinski definition) is 0. The average molecular weight is 256 g/mol. The summed E-state index contributed by atoms with van der Waals surface area (Å²) in [6, 6.07) is 3.93. The van der Waals surface area contributed by atoms with Crippen molar-refractivity contribution in [2.24, 2.45) is 0 Å². The maximum absolute atomic E-state index is 12.4. The summed E-state index contributed by atoms with van der Waals surface area (Å²) in [6.45, 7) is 2.52. The van der Waals surface area contributed by atoms with Crippen molar-refractivity contribution in [3.05, 3.63) is 28.8 Å². The molecule has 3 heterocycles.